The molecule has 1 atom stereocenters. The Morgan fingerprint density at radius 1 is 1.14 bits per heavy atom. The van der Waals surface area contributed by atoms with Crippen LogP contribution < -0.4 is 4.74 Å². The average Bonchev–Trinajstić information content (AvgIpc) is 3.19. The van der Waals surface area contributed by atoms with Crippen LogP contribution in [0.3, 0.4) is 0 Å². The first-order valence-electron chi connectivity index (χ1n) is 12.8. The molecule has 2 heterocycles. The number of carbonyl (C=O) groups is 2. The van der Waals surface area contributed by atoms with E-state index in [2.05, 4.69) is 37.6 Å². The zero-order valence-electron chi connectivity index (χ0n) is 22.5. The number of aromatic nitrogens is 1. The summed E-state index contributed by atoms with van der Waals surface area (Å²) in [5.41, 5.74) is 2.34. The first kappa shape index (κ1) is 26.5. The van der Waals surface area contributed by atoms with Gasteiger partial charge >= 0.3 is 5.97 Å². The molecule has 0 saturated carbocycles. The summed E-state index contributed by atoms with van der Waals surface area (Å²) in [5.74, 6) is -0.656. The molecule has 0 radical (unpaired) electrons. The molecule has 1 aliphatic heterocycles. The zero-order chi connectivity index (χ0) is 26.9. The number of para-hydroxylation sites is 1. The highest BCUT2D eigenvalue weighted by Crippen LogP contribution is 2.45. The molecule has 1 amide bonds. The smallest absolute Gasteiger partial charge is 0.339 e. The van der Waals surface area contributed by atoms with Crippen LogP contribution in [0.5, 0.6) is 5.75 Å². The van der Waals surface area contributed by atoms with Gasteiger partial charge in [-0.15, -0.1) is 0 Å². The highest BCUT2D eigenvalue weighted by Gasteiger charge is 2.45. The van der Waals surface area contributed by atoms with Crippen molar-refractivity contribution in [2.24, 2.45) is 5.92 Å². The number of hydrogen-bond acceptors (Lipinski definition) is 4. The van der Waals surface area contributed by atoms with Crippen molar-refractivity contribution in [1.82, 2.24) is 14.8 Å². The van der Waals surface area contributed by atoms with Crippen molar-refractivity contribution in [2.45, 2.75) is 45.6 Å². The van der Waals surface area contributed by atoms with Gasteiger partial charge in [0.1, 0.15) is 5.75 Å². The molecule has 37 heavy (non-hydrogen) atoms. The van der Waals surface area contributed by atoms with Gasteiger partial charge in [0.15, 0.2) is 0 Å². The van der Waals surface area contributed by atoms with Crippen LogP contribution in [0.25, 0.3) is 16.5 Å². The van der Waals surface area contributed by atoms with Crippen LogP contribution in [0.4, 0.5) is 0 Å². The van der Waals surface area contributed by atoms with Crippen LogP contribution in [0.2, 0.25) is 0 Å². The summed E-state index contributed by atoms with van der Waals surface area (Å²) in [7, 11) is 4.04. The van der Waals surface area contributed by atoms with Crippen molar-refractivity contribution in [1.29, 1.82) is 0 Å². The maximum absolute atomic E-state index is 14.0. The van der Waals surface area contributed by atoms with Gasteiger partial charge in [0.05, 0.1) is 17.9 Å². The number of rotatable bonds is 8. The van der Waals surface area contributed by atoms with E-state index in [0.717, 1.165) is 29.4 Å². The van der Waals surface area contributed by atoms with Crippen LogP contribution in [-0.2, 0) is 10.2 Å². The summed E-state index contributed by atoms with van der Waals surface area (Å²) in [6.07, 6.45) is 2.39. The van der Waals surface area contributed by atoms with Gasteiger partial charge in [0.2, 0.25) is 0 Å². The molecule has 1 aliphatic rings. The third-order valence-corrected chi connectivity index (χ3v) is 7.12. The van der Waals surface area contributed by atoms with Gasteiger partial charge in [-0.05, 0) is 56.3 Å². The van der Waals surface area contributed by atoms with Gasteiger partial charge in [-0.2, -0.15) is 0 Å². The average molecular weight is 504 g/mol. The van der Waals surface area contributed by atoms with E-state index in [0.29, 0.717) is 23.6 Å². The fourth-order valence-corrected chi connectivity index (χ4v) is 5.73. The monoisotopic (exact) mass is 503 g/mol. The normalized spacial score (nSPS) is 17.0. The van der Waals surface area contributed by atoms with E-state index in [1.165, 1.54) is 6.20 Å². The number of aliphatic carboxylic acids is 1. The van der Waals surface area contributed by atoms with Gasteiger partial charge < -0.3 is 24.6 Å². The largest absolute Gasteiger partial charge is 0.494 e. The molecule has 2 aromatic carbocycles. The number of amides is 1. The van der Waals surface area contributed by atoms with Crippen molar-refractivity contribution in [3.8, 4) is 5.75 Å². The summed E-state index contributed by atoms with van der Waals surface area (Å²) in [6.45, 7) is 9.80. The number of fused-ring (bicyclic) bond motifs is 3. The molecule has 196 valence electrons. The first-order valence-corrected chi connectivity index (χ1v) is 12.8. The molecule has 0 bridgehead atoms. The molecule has 2 N–H and O–H groups in total. The van der Waals surface area contributed by atoms with Crippen LogP contribution in [0, 0.1) is 5.92 Å². The molecule has 1 unspecified atom stereocenters. The SMILES string of the molecule is CC(C)C1N(C(=O)c2cccc(OCCCN(C)C)c2)C=C(C(=O)O)c2[nH]c3ccccc3c2C1(C)C. The quantitative estimate of drug-likeness (QED) is 0.403. The molecule has 0 fully saturated rings. The minimum atomic E-state index is -1.08. The Morgan fingerprint density at radius 2 is 1.86 bits per heavy atom. The molecule has 0 saturated heterocycles. The van der Waals surface area contributed by atoms with Crippen molar-refractivity contribution in [3.05, 3.63) is 71.6 Å². The second-order valence-corrected chi connectivity index (χ2v) is 10.9. The fourth-order valence-electron chi connectivity index (χ4n) is 5.73. The fraction of sp³-hybridized carbons (Fsp3) is 0.400. The number of H-pyrrole nitrogens is 1. The summed E-state index contributed by atoms with van der Waals surface area (Å²) < 4.78 is 5.91. The Labute approximate surface area is 218 Å². The molecule has 7 heteroatoms. The summed E-state index contributed by atoms with van der Waals surface area (Å²) in [4.78, 5) is 33.6. The summed E-state index contributed by atoms with van der Waals surface area (Å²) >= 11 is 0. The number of aromatic amines is 1. The van der Waals surface area contributed by atoms with E-state index in [1.54, 1.807) is 23.1 Å². The molecule has 0 spiro atoms. The maximum Gasteiger partial charge on any atom is 0.339 e. The van der Waals surface area contributed by atoms with Crippen molar-refractivity contribution < 1.29 is 19.4 Å². The summed E-state index contributed by atoms with van der Waals surface area (Å²) in [6, 6.07) is 14.7. The molecule has 1 aromatic heterocycles. The Morgan fingerprint density at radius 3 is 2.54 bits per heavy atom. The number of nitrogens with zero attached hydrogens (tertiary/aromatic N) is 2. The summed E-state index contributed by atoms with van der Waals surface area (Å²) in [5, 5.41) is 11.2. The number of ether oxygens (including phenoxy) is 1. The number of carboxylic acid groups (broad SMARTS) is 1. The Hall–Kier alpha value is -3.58. The van der Waals surface area contributed by atoms with E-state index in [-0.39, 0.29) is 23.4 Å². The van der Waals surface area contributed by atoms with Gasteiger partial charge in [-0.25, -0.2) is 4.79 Å². The first-order chi connectivity index (χ1) is 17.5. The van der Waals surface area contributed by atoms with Crippen molar-refractivity contribution >= 4 is 28.4 Å². The van der Waals surface area contributed by atoms with E-state index in [9.17, 15) is 14.7 Å². The van der Waals surface area contributed by atoms with Gasteiger partial charge in [0, 0.05) is 40.7 Å². The second kappa shape index (κ2) is 10.4. The molecule has 7 nitrogen and oxygen atoms in total. The second-order valence-electron chi connectivity index (χ2n) is 10.9. The van der Waals surface area contributed by atoms with Crippen LogP contribution in [0.15, 0.2) is 54.7 Å². The number of carboxylic acids is 1. The Bertz CT molecular complexity index is 1340. The minimum absolute atomic E-state index is 0.0512. The van der Waals surface area contributed by atoms with E-state index < -0.39 is 11.4 Å². The highest BCUT2D eigenvalue weighted by atomic mass is 16.5. The van der Waals surface area contributed by atoms with Crippen LogP contribution in [-0.4, -0.2) is 65.1 Å². The third kappa shape index (κ3) is 5.14. The molecule has 4 rings (SSSR count). The van der Waals surface area contributed by atoms with Crippen molar-refractivity contribution in [2.75, 3.05) is 27.2 Å². The highest BCUT2D eigenvalue weighted by molar-refractivity contribution is 6.17. The lowest BCUT2D eigenvalue weighted by molar-refractivity contribution is -0.130. The van der Waals surface area contributed by atoms with Gasteiger partial charge in [-0.3, -0.25) is 4.79 Å². The molecule has 3 aromatic rings. The van der Waals surface area contributed by atoms with Crippen LogP contribution >= 0.6 is 0 Å². The number of hydrogen-bond donors (Lipinski definition) is 2. The standard InChI is InChI=1S/C30H37N3O4/c1-19(2)27-30(3,4)25-22-13-7-8-14-24(22)31-26(25)23(29(35)36)18-33(27)28(34)20-11-9-12-21(17-20)37-16-10-15-32(5)6/h7-9,11-14,17-19,27,31H,10,15-16H2,1-6H3,(H,35,36). The lowest BCUT2D eigenvalue weighted by atomic mass is 9.71. The lowest BCUT2D eigenvalue weighted by Gasteiger charge is -2.42. The zero-order valence-corrected chi connectivity index (χ0v) is 22.5. The molecule has 0 aliphatic carbocycles. The number of nitrogens with one attached hydrogen (secondary N) is 1. The van der Waals surface area contributed by atoms with Gasteiger partial charge in [-0.1, -0.05) is 52.0 Å². The van der Waals surface area contributed by atoms with E-state index >= 15 is 0 Å². The minimum Gasteiger partial charge on any atom is -0.494 e. The van der Waals surface area contributed by atoms with Crippen LogP contribution in [0.1, 0.15) is 55.7 Å². The van der Waals surface area contributed by atoms with E-state index in [4.69, 9.17) is 4.74 Å². The molecular weight excluding hydrogens is 466 g/mol. The number of benzene rings is 2. The van der Waals surface area contributed by atoms with Crippen molar-refractivity contribution in [3.63, 3.8) is 0 Å². The third-order valence-electron chi connectivity index (χ3n) is 7.12. The number of carbonyl (C=O) groups excluding carboxylic acids is 1. The van der Waals surface area contributed by atoms with E-state index in [1.807, 2.05) is 44.4 Å². The Balaban J connectivity index is 1.78. The predicted octanol–water partition coefficient (Wildman–Crippen LogP) is 5.38. The Kier molecular flexibility index (Phi) is 7.46. The lowest BCUT2D eigenvalue weighted by Crippen LogP contribution is -2.50. The van der Waals surface area contributed by atoms with Gasteiger partial charge in [0.25, 0.3) is 5.91 Å². The maximum atomic E-state index is 14.0. The molecular formula is C30H37N3O4. The topological polar surface area (TPSA) is 85.9 Å². The predicted molar refractivity (Wildman–Crippen MR) is 147 cm³/mol.